The van der Waals surface area contributed by atoms with E-state index >= 15 is 0 Å². The molecule has 0 atom stereocenters. The van der Waals surface area contributed by atoms with Gasteiger partial charge in [-0.2, -0.15) is 0 Å². The van der Waals surface area contributed by atoms with Crippen LogP contribution in [-0.2, 0) is 0 Å². The number of nitrogen functional groups attached to an aromatic ring is 1. The maximum absolute atomic E-state index is 11.1. The maximum atomic E-state index is 11.1. The molecule has 2 aromatic rings. The molecule has 0 saturated heterocycles. The van der Waals surface area contributed by atoms with Crippen molar-refractivity contribution < 1.29 is 14.4 Å². The van der Waals surface area contributed by atoms with Crippen molar-refractivity contribution in [3.63, 3.8) is 0 Å². The molecule has 1 aromatic carbocycles. The third-order valence-electron chi connectivity index (χ3n) is 2.46. The molecule has 0 radical (unpaired) electrons. The number of nitro groups is 1. The topological polar surface area (TPSA) is 125 Å². The van der Waals surface area contributed by atoms with Crippen LogP contribution < -0.4 is 20.7 Å². The van der Waals surface area contributed by atoms with Crippen LogP contribution in [0.1, 0.15) is 0 Å². The summed E-state index contributed by atoms with van der Waals surface area (Å²) in [6.45, 7) is 0. The van der Waals surface area contributed by atoms with Gasteiger partial charge in [-0.05, 0) is 28.1 Å². The molecule has 1 aromatic heterocycles. The molecule has 0 unspecified atom stereocenters. The van der Waals surface area contributed by atoms with Crippen molar-refractivity contribution >= 4 is 27.4 Å². The Kier molecular flexibility index (Phi) is 4.50. The number of methoxy groups -OCH3 is 1. The molecule has 0 bridgehead atoms. The Labute approximate surface area is 127 Å². The summed E-state index contributed by atoms with van der Waals surface area (Å²) < 4.78 is 10.7. The molecule has 0 saturated carbocycles. The molecule has 0 aliphatic rings. The fourth-order valence-corrected chi connectivity index (χ4v) is 1.88. The van der Waals surface area contributed by atoms with Gasteiger partial charge in [-0.15, -0.1) is 0 Å². The van der Waals surface area contributed by atoms with E-state index in [1.165, 1.54) is 25.6 Å². The van der Waals surface area contributed by atoms with Gasteiger partial charge in [-0.1, -0.05) is 0 Å². The monoisotopic (exact) mass is 355 g/mol. The van der Waals surface area contributed by atoms with Gasteiger partial charge in [-0.25, -0.2) is 15.8 Å². The second-order valence-electron chi connectivity index (χ2n) is 3.68. The predicted molar refractivity (Wildman–Crippen MR) is 77.3 cm³/mol. The zero-order valence-electron chi connectivity index (χ0n) is 10.7. The lowest BCUT2D eigenvalue weighted by molar-refractivity contribution is -0.385. The smallest absolute Gasteiger partial charge is 0.315 e. The summed E-state index contributed by atoms with van der Waals surface area (Å²) in [6, 6.07) is 4.22. The summed E-state index contributed by atoms with van der Waals surface area (Å²) in [5.74, 6) is 6.02. The molecule has 21 heavy (non-hydrogen) atoms. The number of nitrogens with one attached hydrogen (secondary N) is 1. The van der Waals surface area contributed by atoms with Crippen LogP contribution in [0.3, 0.4) is 0 Å². The highest BCUT2D eigenvalue weighted by atomic mass is 79.9. The zero-order chi connectivity index (χ0) is 15.4. The number of ether oxygens (including phenoxy) is 2. The minimum Gasteiger partial charge on any atom is -0.496 e. The highest BCUT2D eigenvalue weighted by molar-refractivity contribution is 9.10. The van der Waals surface area contributed by atoms with Gasteiger partial charge in [-0.3, -0.25) is 10.1 Å². The van der Waals surface area contributed by atoms with Crippen molar-refractivity contribution in [2.24, 2.45) is 5.84 Å². The molecule has 0 aliphatic heterocycles. The molecular formula is C11H10BrN5O4. The van der Waals surface area contributed by atoms with Crippen LogP contribution >= 0.6 is 15.9 Å². The summed E-state index contributed by atoms with van der Waals surface area (Å²) in [5.41, 5.74) is 2.10. The lowest BCUT2D eigenvalue weighted by Crippen LogP contribution is -2.10. The number of hydrazine groups is 1. The third-order valence-corrected chi connectivity index (χ3v) is 3.18. The Balaban J connectivity index is 2.42. The van der Waals surface area contributed by atoms with Crippen molar-refractivity contribution in [2.75, 3.05) is 12.5 Å². The Morgan fingerprint density at radius 3 is 2.81 bits per heavy atom. The summed E-state index contributed by atoms with van der Waals surface area (Å²) in [4.78, 5) is 18.3. The first kappa shape index (κ1) is 14.9. The first-order valence-corrected chi connectivity index (χ1v) is 6.33. The Morgan fingerprint density at radius 1 is 1.43 bits per heavy atom. The fraction of sp³-hybridized carbons (Fsp3) is 0.0909. The highest BCUT2D eigenvalue weighted by Gasteiger charge is 2.19. The van der Waals surface area contributed by atoms with E-state index in [-0.39, 0.29) is 23.1 Å². The lowest BCUT2D eigenvalue weighted by Gasteiger charge is -2.09. The van der Waals surface area contributed by atoms with Crippen LogP contribution in [0.2, 0.25) is 0 Å². The van der Waals surface area contributed by atoms with Gasteiger partial charge in [0.05, 0.1) is 18.1 Å². The van der Waals surface area contributed by atoms with E-state index in [2.05, 4.69) is 31.3 Å². The van der Waals surface area contributed by atoms with Gasteiger partial charge in [0.25, 0.3) is 0 Å². The van der Waals surface area contributed by atoms with E-state index < -0.39 is 4.92 Å². The minimum absolute atomic E-state index is 0.0168. The van der Waals surface area contributed by atoms with Crippen molar-refractivity contribution in [3.05, 3.63) is 39.1 Å². The fourth-order valence-electron chi connectivity index (χ4n) is 1.48. The van der Waals surface area contributed by atoms with E-state index in [4.69, 9.17) is 15.3 Å². The first-order chi connectivity index (χ1) is 10.1. The van der Waals surface area contributed by atoms with Gasteiger partial charge in [0.1, 0.15) is 16.5 Å². The number of nitrogens with zero attached hydrogens (tertiary/aromatic N) is 3. The van der Waals surface area contributed by atoms with Crippen LogP contribution in [0, 0.1) is 10.1 Å². The second-order valence-corrected chi connectivity index (χ2v) is 4.47. The highest BCUT2D eigenvalue weighted by Crippen LogP contribution is 2.37. The van der Waals surface area contributed by atoms with Crippen molar-refractivity contribution in [2.45, 2.75) is 0 Å². The molecule has 2 rings (SSSR count). The summed E-state index contributed by atoms with van der Waals surface area (Å²) in [6.07, 6.45) is 1.21. The number of benzene rings is 1. The molecular weight excluding hydrogens is 346 g/mol. The standard InChI is InChI=1S/C11H10BrN5O4/c1-20-6-2-3-8(7(4-6)17(18)19)21-11-9(12)10(16-13)14-5-15-11/h2-5H,13H2,1H3,(H,14,15,16). The number of aromatic nitrogens is 2. The van der Waals surface area contributed by atoms with E-state index in [0.29, 0.717) is 10.2 Å². The molecule has 0 fully saturated rings. The van der Waals surface area contributed by atoms with Crippen LogP contribution in [0.4, 0.5) is 11.5 Å². The number of anilines is 1. The lowest BCUT2D eigenvalue weighted by atomic mass is 10.3. The van der Waals surface area contributed by atoms with Crippen molar-refractivity contribution in [3.8, 4) is 17.4 Å². The van der Waals surface area contributed by atoms with Gasteiger partial charge in [0, 0.05) is 0 Å². The molecule has 3 N–H and O–H groups in total. The van der Waals surface area contributed by atoms with Gasteiger partial charge < -0.3 is 14.9 Å². The Hall–Kier alpha value is -2.46. The van der Waals surface area contributed by atoms with Crippen LogP contribution in [-0.4, -0.2) is 22.0 Å². The third kappa shape index (κ3) is 3.17. The number of hydrogen-bond donors (Lipinski definition) is 2. The molecule has 0 amide bonds. The van der Waals surface area contributed by atoms with Crippen LogP contribution in [0.25, 0.3) is 0 Å². The number of nitrogens with two attached hydrogens (primary N) is 1. The maximum Gasteiger partial charge on any atom is 0.315 e. The zero-order valence-corrected chi connectivity index (χ0v) is 12.3. The summed E-state index contributed by atoms with van der Waals surface area (Å²) in [5, 5.41) is 11.1. The van der Waals surface area contributed by atoms with Crippen molar-refractivity contribution in [1.29, 1.82) is 0 Å². The number of hydrogen-bond acceptors (Lipinski definition) is 8. The van der Waals surface area contributed by atoms with E-state index in [0.717, 1.165) is 0 Å². The average Bonchev–Trinajstić information content (AvgIpc) is 2.49. The Bertz CT molecular complexity index is 682. The SMILES string of the molecule is COc1ccc(Oc2ncnc(NN)c2Br)c([N+](=O)[O-])c1. The molecule has 0 aliphatic carbocycles. The molecule has 1 heterocycles. The predicted octanol–water partition coefficient (Wildman–Crippen LogP) is 2.23. The molecule has 10 heteroatoms. The average molecular weight is 356 g/mol. The van der Waals surface area contributed by atoms with E-state index in [1.54, 1.807) is 6.07 Å². The quantitative estimate of drug-likeness (QED) is 0.475. The van der Waals surface area contributed by atoms with Crippen molar-refractivity contribution in [1.82, 2.24) is 9.97 Å². The van der Waals surface area contributed by atoms with Gasteiger partial charge in [0.2, 0.25) is 11.6 Å². The largest absolute Gasteiger partial charge is 0.496 e. The minimum atomic E-state index is -0.574. The van der Waals surface area contributed by atoms with E-state index in [9.17, 15) is 10.1 Å². The molecule has 0 spiro atoms. The van der Waals surface area contributed by atoms with E-state index in [1.807, 2.05) is 0 Å². The van der Waals surface area contributed by atoms with Gasteiger partial charge in [0.15, 0.2) is 5.82 Å². The Morgan fingerprint density at radius 2 is 2.19 bits per heavy atom. The molecule has 110 valence electrons. The summed E-state index contributed by atoms with van der Waals surface area (Å²) >= 11 is 3.20. The normalized spacial score (nSPS) is 10.0. The van der Waals surface area contributed by atoms with Gasteiger partial charge >= 0.3 is 5.69 Å². The second kappa shape index (κ2) is 6.33. The van der Waals surface area contributed by atoms with Crippen LogP contribution in [0.15, 0.2) is 29.0 Å². The summed E-state index contributed by atoms with van der Waals surface area (Å²) in [7, 11) is 1.42. The number of nitro benzene ring substituents is 1. The first-order valence-electron chi connectivity index (χ1n) is 5.54. The molecule has 9 nitrogen and oxygen atoms in total. The number of rotatable bonds is 5. The number of halogens is 1. The van der Waals surface area contributed by atoms with Crippen LogP contribution in [0.5, 0.6) is 17.4 Å².